The number of aryl methyl sites for hydroxylation is 1. The molecule has 1 aromatic carbocycles. The third-order valence-electron chi connectivity index (χ3n) is 2.65. The SMILES string of the molecule is COc1ccc(C(=O)OC2COCCO2)cc1C. The van der Waals surface area contributed by atoms with Gasteiger partial charge in [0, 0.05) is 0 Å². The quantitative estimate of drug-likeness (QED) is 0.764. The molecule has 0 saturated carbocycles. The molecule has 2 rings (SSSR count). The molecular weight excluding hydrogens is 236 g/mol. The van der Waals surface area contributed by atoms with Crippen molar-refractivity contribution in [3.8, 4) is 5.75 Å². The van der Waals surface area contributed by atoms with E-state index in [-0.39, 0.29) is 6.61 Å². The maximum atomic E-state index is 11.9. The van der Waals surface area contributed by atoms with Crippen molar-refractivity contribution >= 4 is 5.97 Å². The number of ether oxygens (including phenoxy) is 4. The van der Waals surface area contributed by atoms with Crippen LogP contribution in [0.3, 0.4) is 0 Å². The lowest BCUT2D eigenvalue weighted by Crippen LogP contribution is -2.32. The van der Waals surface area contributed by atoms with Crippen LogP contribution in [0, 0.1) is 6.92 Å². The zero-order chi connectivity index (χ0) is 13.0. The van der Waals surface area contributed by atoms with Crippen LogP contribution < -0.4 is 4.74 Å². The van der Waals surface area contributed by atoms with Crippen molar-refractivity contribution in [3.05, 3.63) is 29.3 Å². The molecule has 0 radical (unpaired) electrons. The molecule has 5 nitrogen and oxygen atoms in total. The number of carbonyl (C=O) groups is 1. The van der Waals surface area contributed by atoms with E-state index in [2.05, 4.69) is 0 Å². The minimum Gasteiger partial charge on any atom is -0.496 e. The van der Waals surface area contributed by atoms with E-state index >= 15 is 0 Å². The smallest absolute Gasteiger partial charge is 0.340 e. The number of carbonyl (C=O) groups excluding carboxylic acids is 1. The van der Waals surface area contributed by atoms with Crippen molar-refractivity contribution in [2.75, 3.05) is 26.9 Å². The fourth-order valence-electron chi connectivity index (χ4n) is 1.73. The van der Waals surface area contributed by atoms with E-state index in [0.717, 1.165) is 11.3 Å². The molecule has 1 heterocycles. The van der Waals surface area contributed by atoms with Gasteiger partial charge in [-0.1, -0.05) is 0 Å². The van der Waals surface area contributed by atoms with Gasteiger partial charge in [-0.05, 0) is 30.7 Å². The van der Waals surface area contributed by atoms with E-state index in [1.165, 1.54) is 0 Å². The topological polar surface area (TPSA) is 54.0 Å². The molecule has 0 spiro atoms. The summed E-state index contributed by atoms with van der Waals surface area (Å²) in [6, 6.07) is 5.13. The molecule has 1 atom stereocenters. The summed E-state index contributed by atoms with van der Waals surface area (Å²) >= 11 is 0. The highest BCUT2D eigenvalue weighted by atomic mass is 16.7. The van der Waals surface area contributed by atoms with E-state index in [0.29, 0.717) is 18.8 Å². The first kappa shape index (κ1) is 12.9. The number of esters is 1. The molecule has 5 heteroatoms. The van der Waals surface area contributed by atoms with Crippen LogP contribution in [0.25, 0.3) is 0 Å². The fourth-order valence-corrected chi connectivity index (χ4v) is 1.73. The van der Waals surface area contributed by atoms with Crippen LogP contribution in [0.4, 0.5) is 0 Å². The highest BCUT2D eigenvalue weighted by molar-refractivity contribution is 5.90. The van der Waals surface area contributed by atoms with Gasteiger partial charge in [0.15, 0.2) is 0 Å². The van der Waals surface area contributed by atoms with Gasteiger partial charge in [-0.3, -0.25) is 0 Å². The molecule has 0 aliphatic carbocycles. The Kier molecular flexibility index (Phi) is 4.17. The van der Waals surface area contributed by atoms with Gasteiger partial charge < -0.3 is 18.9 Å². The first-order valence-corrected chi connectivity index (χ1v) is 5.75. The van der Waals surface area contributed by atoms with Crippen LogP contribution in [-0.2, 0) is 14.2 Å². The molecule has 1 unspecified atom stereocenters. The molecule has 1 aliphatic heterocycles. The minimum atomic E-state index is -0.617. The lowest BCUT2D eigenvalue weighted by atomic mass is 10.1. The third-order valence-corrected chi connectivity index (χ3v) is 2.65. The van der Waals surface area contributed by atoms with Gasteiger partial charge in [-0.2, -0.15) is 0 Å². The second kappa shape index (κ2) is 5.84. The van der Waals surface area contributed by atoms with Crippen molar-refractivity contribution in [1.29, 1.82) is 0 Å². The van der Waals surface area contributed by atoms with Gasteiger partial charge in [0.25, 0.3) is 0 Å². The number of rotatable bonds is 3. The molecule has 0 amide bonds. The summed E-state index contributed by atoms with van der Waals surface area (Å²) in [5, 5.41) is 0. The second-order valence-corrected chi connectivity index (χ2v) is 3.96. The standard InChI is InChI=1S/C13H16O5/c1-9-7-10(3-4-11(9)15-2)13(14)18-12-8-16-5-6-17-12/h3-4,7,12H,5-6,8H2,1-2H3. The maximum absolute atomic E-state index is 11.9. The van der Waals surface area contributed by atoms with Crippen molar-refractivity contribution in [1.82, 2.24) is 0 Å². The first-order valence-electron chi connectivity index (χ1n) is 5.75. The first-order chi connectivity index (χ1) is 8.70. The van der Waals surface area contributed by atoms with Gasteiger partial charge >= 0.3 is 5.97 Å². The summed E-state index contributed by atoms with van der Waals surface area (Å²) in [5.74, 6) is 0.319. The van der Waals surface area contributed by atoms with E-state index in [1.807, 2.05) is 6.92 Å². The molecule has 18 heavy (non-hydrogen) atoms. The molecule has 1 aromatic rings. The molecule has 98 valence electrons. The number of hydrogen-bond donors (Lipinski definition) is 0. The summed E-state index contributed by atoms with van der Waals surface area (Å²) in [7, 11) is 1.59. The lowest BCUT2D eigenvalue weighted by Gasteiger charge is -2.22. The minimum absolute atomic E-state index is 0.279. The van der Waals surface area contributed by atoms with Crippen LogP contribution in [0.1, 0.15) is 15.9 Å². The highest BCUT2D eigenvalue weighted by Gasteiger charge is 2.20. The molecule has 1 fully saturated rings. The molecule has 1 aliphatic rings. The number of benzene rings is 1. The van der Waals surface area contributed by atoms with Gasteiger partial charge in [0.2, 0.25) is 6.29 Å². The summed E-state index contributed by atoms with van der Waals surface area (Å²) in [5.41, 5.74) is 1.36. The van der Waals surface area contributed by atoms with Gasteiger partial charge in [-0.25, -0.2) is 4.79 Å². The predicted octanol–water partition coefficient (Wildman–Crippen LogP) is 1.53. The number of hydrogen-bond acceptors (Lipinski definition) is 5. The van der Waals surface area contributed by atoms with Crippen molar-refractivity contribution in [3.63, 3.8) is 0 Å². The van der Waals surface area contributed by atoms with Crippen molar-refractivity contribution in [2.24, 2.45) is 0 Å². The molecule has 1 saturated heterocycles. The Morgan fingerprint density at radius 2 is 2.22 bits per heavy atom. The van der Waals surface area contributed by atoms with E-state index in [1.54, 1.807) is 25.3 Å². The largest absolute Gasteiger partial charge is 0.496 e. The molecule has 0 bridgehead atoms. The Hall–Kier alpha value is -1.59. The van der Waals surface area contributed by atoms with Crippen molar-refractivity contribution < 1.29 is 23.7 Å². The van der Waals surface area contributed by atoms with Crippen molar-refractivity contribution in [2.45, 2.75) is 13.2 Å². The Balaban J connectivity index is 2.01. The molecule has 0 aromatic heterocycles. The lowest BCUT2D eigenvalue weighted by molar-refractivity contribution is -0.186. The maximum Gasteiger partial charge on any atom is 0.340 e. The third kappa shape index (κ3) is 3.00. The van der Waals surface area contributed by atoms with Gasteiger partial charge in [0.1, 0.15) is 12.4 Å². The monoisotopic (exact) mass is 252 g/mol. The second-order valence-electron chi connectivity index (χ2n) is 3.96. The average Bonchev–Trinajstić information content (AvgIpc) is 2.39. The predicted molar refractivity (Wildman–Crippen MR) is 63.7 cm³/mol. The average molecular weight is 252 g/mol. The highest BCUT2D eigenvalue weighted by Crippen LogP contribution is 2.19. The normalized spacial score (nSPS) is 19.3. The zero-order valence-corrected chi connectivity index (χ0v) is 10.5. The Labute approximate surface area is 106 Å². The zero-order valence-electron chi connectivity index (χ0n) is 10.5. The summed E-state index contributed by atoms with van der Waals surface area (Å²) in [4.78, 5) is 11.9. The van der Waals surface area contributed by atoms with Crippen LogP contribution in [0.5, 0.6) is 5.75 Å². The van der Waals surface area contributed by atoms with E-state index < -0.39 is 12.3 Å². The Bertz CT molecular complexity index is 423. The van der Waals surface area contributed by atoms with Crippen LogP contribution in [-0.4, -0.2) is 39.2 Å². The fraction of sp³-hybridized carbons (Fsp3) is 0.462. The number of methoxy groups -OCH3 is 1. The summed E-state index contributed by atoms with van der Waals surface area (Å²) in [6.45, 7) is 3.13. The summed E-state index contributed by atoms with van der Waals surface area (Å²) < 4.78 is 20.7. The van der Waals surface area contributed by atoms with Gasteiger partial charge in [-0.15, -0.1) is 0 Å². The van der Waals surface area contributed by atoms with Crippen LogP contribution in [0.15, 0.2) is 18.2 Å². The van der Waals surface area contributed by atoms with Gasteiger partial charge in [0.05, 0.1) is 25.9 Å². The van der Waals surface area contributed by atoms with Crippen LogP contribution in [0.2, 0.25) is 0 Å². The van der Waals surface area contributed by atoms with E-state index in [4.69, 9.17) is 18.9 Å². The molecular formula is C13H16O5. The summed E-state index contributed by atoms with van der Waals surface area (Å²) in [6.07, 6.45) is -0.617. The van der Waals surface area contributed by atoms with Crippen LogP contribution >= 0.6 is 0 Å². The Morgan fingerprint density at radius 3 is 2.83 bits per heavy atom. The Morgan fingerprint density at radius 1 is 1.39 bits per heavy atom. The molecule has 0 N–H and O–H groups in total. The van der Waals surface area contributed by atoms with E-state index in [9.17, 15) is 4.79 Å².